The van der Waals surface area contributed by atoms with Crippen molar-refractivity contribution in [1.82, 2.24) is 23.7 Å². The predicted octanol–water partition coefficient (Wildman–Crippen LogP) is 11.4. The minimum absolute atomic E-state index is 0.644. The van der Waals surface area contributed by atoms with Crippen LogP contribution in [0.25, 0.3) is 93.9 Å². The molecule has 51 heavy (non-hydrogen) atoms. The van der Waals surface area contributed by atoms with Crippen LogP contribution in [0.1, 0.15) is 0 Å². The number of nitrogens with zero attached hydrogens (tertiary/aromatic N) is 5. The van der Waals surface area contributed by atoms with Gasteiger partial charge in [0.1, 0.15) is 0 Å². The molecule has 0 spiro atoms. The topological polar surface area (TPSA) is 40.6 Å². The molecular weight excluding hydrogens is 623 g/mol. The highest BCUT2D eigenvalue weighted by molar-refractivity contribution is 6.19. The van der Waals surface area contributed by atoms with E-state index in [0.29, 0.717) is 5.95 Å². The van der Waals surface area contributed by atoms with E-state index in [1.54, 1.807) is 0 Å². The third-order valence-corrected chi connectivity index (χ3v) is 10.3. The summed E-state index contributed by atoms with van der Waals surface area (Å²) < 4.78 is 6.91. The summed E-state index contributed by atoms with van der Waals surface area (Å²) in [4.78, 5) is 10.1. The second-order valence-corrected chi connectivity index (χ2v) is 13.1. The van der Waals surface area contributed by atoms with E-state index in [-0.39, 0.29) is 0 Å². The molecule has 0 atom stereocenters. The van der Waals surface area contributed by atoms with Gasteiger partial charge in [-0.25, -0.2) is 9.97 Å². The summed E-state index contributed by atoms with van der Waals surface area (Å²) in [6.45, 7) is 0. The third kappa shape index (κ3) is 4.09. The predicted molar refractivity (Wildman–Crippen MR) is 210 cm³/mol. The van der Waals surface area contributed by atoms with Crippen molar-refractivity contribution in [3.63, 3.8) is 0 Å². The van der Waals surface area contributed by atoms with E-state index < -0.39 is 0 Å². The van der Waals surface area contributed by atoms with Gasteiger partial charge in [-0.3, -0.25) is 4.57 Å². The second kappa shape index (κ2) is 10.8. The molecule has 0 fully saturated rings. The molecular formula is C46H29N5. The summed E-state index contributed by atoms with van der Waals surface area (Å²) in [7, 11) is 0. The van der Waals surface area contributed by atoms with Crippen molar-refractivity contribution in [1.29, 1.82) is 0 Å². The van der Waals surface area contributed by atoms with Crippen LogP contribution in [0.3, 0.4) is 0 Å². The van der Waals surface area contributed by atoms with Gasteiger partial charge in [0.2, 0.25) is 5.95 Å². The van der Waals surface area contributed by atoms with Gasteiger partial charge in [0, 0.05) is 61.6 Å². The van der Waals surface area contributed by atoms with E-state index in [1.807, 2.05) is 12.4 Å². The quantitative estimate of drug-likeness (QED) is 0.190. The molecule has 0 unspecified atom stereocenters. The molecule has 4 heterocycles. The zero-order valence-corrected chi connectivity index (χ0v) is 27.5. The van der Waals surface area contributed by atoms with Crippen LogP contribution in [0.4, 0.5) is 0 Å². The first-order valence-corrected chi connectivity index (χ1v) is 17.2. The summed E-state index contributed by atoms with van der Waals surface area (Å²) >= 11 is 0. The molecule has 11 rings (SSSR count). The number of benzene rings is 7. The Hall–Kier alpha value is -6.98. The molecule has 0 amide bonds. The lowest BCUT2D eigenvalue weighted by atomic mass is 10.1. The number of hydrogen-bond acceptors (Lipinski definition) is 2. The molecule has 0 radical (unpaired) electrons. The first kappa shape index (κ1) is 27.9. The summed E-state index contributed by atoms with van der Waals surface area (Å²) in [5, 5.41) is 7.32. The number of hydrogen-bond donors (Lipinski definition) is 0. The number of fused-ring (bicyclic) bond motifs is 9. The largest absolute Gasteiger partial charge is 0.309 e. The molecule has 11 aromatic rings. The maximum Gasteiger partial charge on any atom is 0.234 e. The lowest BCUT2D eigenvalue weighted by Crippen LogP contribution is -2.01. The molecule has 0 saturated carbocycles. The van der Waals surface area contributed by atoms with Crippen molar-refractivity contribution in [2.24, 2.45) is 0 Å². The van der Waals surface area contributed by atoms with E-state index >= 15 is 0 Å². The van der Waals surface area contributed by atoms with E-state index in [1.165, 1.54) is 48.9 Å². The van der Waals surface area contributed by atoms with Gasteiger partial charge in [0.05, 0.1) is 33.1 Å². The fraction of sp³-hybridized carbons (Fsp3) is 0. The van der Waals surface area contributed by atoms with E-state index in [2.05, 4.69) is 177 Å². The van der Waals surface area contributed by atoms with Crippen LogP contribution in [0.15, 0.2) is 176 Å². The summed E-state index contributed by atoms with van der Waals surface area (Å²) in [6.07, 6.45) is 3.90. The fourth-order valence-electron chi connectivity index (χ4n) is 8.11. The zero-order chi connectivity index (χ0) is 33.5. The first-order chi connectivity index (χ1) is 25.3. The van der Waals surface area contributed by atoms with Crippen LogP contribution in [0, 0.1) is 0 Å². The van der Waals surface area contributed by atoms with Crippen molar-refractivity contribution in [2.75, 3.05) is 0 Å². The Labute approximate surface area is 292 Å². The molecule has 238 valence electrons. The van der Waals surface area contributed by atoms with Crippen LogP contribution >= 0.6 is 0 Å². The molecule has 0 saturated heterocycles. The van der Waals surface area contributed by atoms with Gasteiger partial charge in [-0.1, -0.05) is 103 Å². The molecule has 0 N–H and O–H groups in total. The monoisotopic (exact) mass is 651 g/mol. The lowest BCUT2D eigenvalue weighted by Gasteiger charge is -2.11. The number of para-hydroxylation sites is 5. The van der Waals surface area contributed by atoms with Crippen LogP contribution in [0.2, 0.25) is 0 Å². The van der Waals surface area contributed by atoms with Crippen LogP contribution in [-0.2, 0) is 0 Å². The van der Waals surface area contributed by atoms with Gasteiger partial charge in [0.15, 0.2) is 0 Å². The molecule has 0 aliphatic carbocycles. The normalized spacial score (nSPS) is 11.9. The summed E-state index contributed by atoms with van der Waals surface area (Å²) in [6, 6.07) is 58.4. The van der Waals surface area contributed by atoms with E-state index in [9.17, 15) is 0 Å². The van der Waals surface area contributed by atoms with Crippen LogP contribution in [-0.4, -0.2) is 23.7 Å². The Morgan fingerprint density at radius 1 is 0.294 bits per heavy atom. The van der Waals surface area contributed by atoms with Gasteiger partial charge in [-0.2, -0.15) is 0 Å². The SMILES string of the molecule is c1ccc(-n2c3ccccc3c3cc4c5ccccc5n(-c5ncc(-c6cccc(-n7c8ccccc8c8ccccc87)c6)cn5)c4cc32)cc1. The average molecular weight is 652 g/mol. The third-order valence-electron chi connectivity index (χ3n) is 10.3. The molecule has 0 aliphatic heterocycles. The molecule has 4 aromatic heterocycles. The Balaban J connectivity index is 1.08. The van der Waals surface area contributed by atoms with Crippen LogP contribution in [0.5, 0.6) is 0 Å². The van der Waals surface area contributed by atoms with Gasteiger partial charge in [-0.05, 0) is 66.2 Å². The second-order valence-electron chi connectivity index (χ2n) is 13.1. The van der Waals surface area contributed by atoms with E-state index in [4.69, 9.17) is 9.97 Å². The molecule has 5 heteroatoms. The van der Waals surface area contributed by atoms with Crippen molar-refractivity contribution < 1.29 is 0 Å². The Kier molecular flexibility index (Phi) is 5.89. The first-order valence-electron chi connectivity index (χ1n) is 17.2. The Morgan fingerprint density at radius 3 is 1.33 bits per heavy atom. The van der Waals surface area contributed by atoms with Crippen molar-refractivity contribution in [3.8, 4) is 28.5 Å². The van der Waals surface area contributed by atoms with Crippen LogP contribution < -0.4 is 0 Å². The van der Waals surface area contributed by atoms with Crippen molar-refractivity contribution in [3.05, 3.63) is 176 Å². The number of rotatable bonds is 4. The maximum atomic E-state index is 5.03. The lowest BCUT2D eigenvalue weighted by molar-refractivity contribution is 0.990. The Morgan fingerprint density at radius 2 is 0.745 bits per heavy atom. The molecule has 0 aliphatic rings. The smallest absolute Gasteiger partial charge is 0.234 e. The highest BCUT2D eigenvalue weighted by atomic mass is 15.2. The average Bonchev–Trinajstić information content (AvgIpc) is 3.83. The minimum Gasteiger partial charge on any atom is -0.309 e. The maximum absolute atomic E-state index is 5.03. The summed E-state index contributed by atoms with van der Waals surface area (Å²) in [5.41, 5.74) is 11.1. The van der Waals surface area contributed by atoms with Gasteiger partial charge in [-0.15, -0.1) is 0 Å². The molecule has 7 aromatic carbocycles. The minimum atomic E-state index is 0.644. The summed E-state index contributed by atoms with van der Waals surface area (Å²) in [5.74, 6) is 0.644. The zero-order valence-electron chi connectivity index (χ0n) is 27.5. The Bertz CT molecular complexity index is 3070. The van der Waals surface area contributed by atoms with Gasteiger partial charge in [0.25, 0.3) is 0 Å². The highest BCUT2D eigenvalue weighted by Gasteiger charge is 2.19. The molecule has 0 bridgehead atoms. The number of aromatic nitrogens is 5. The van der Waals surface area contributed by atoms with Gasteiger partial charge < -0.3 is 9.13 Å². The highest BCUT2D eigenvalue weighted by Crippen LogP contribution is 2.39. The van der Waals surface area contributed by atoms with Gasteiger partial charge >= 0.3 is 0 Å². The fourth-order valence-corrected chi connectivity index (χ4v) is 8.11. The standard InChI is InChI=1S/C46H29N5/c1-2-14-32(15-3-1)49-42-23-10-6-19-36(42)38-26-39-37-20-7-11-24-43(37)51(45(39)27-44(38)49)46-47-28-31(29-48-46)30-13-12-16-33(25-30)50-40-21-8-4-17-34(40)35-18-5-9-22-41(35)50/h1-29H. The van der Waals surface area contributed by atoms with Crippen molar-refractivity contribution in [2.45, 2.75) is 0 Å². The van der Waals surface area contributed by atoms with E-state index in [0.717, 1.165) is 39.1 Å². The van der Waals surface area contributed by atoms with Crippen molar-refractivity contribution >= 4 is 65.4 Å². The molecule has 5 nitrogen and oxygen atoms in total.